The molecule has 0 aliphatic carbocycles. The van der Waals surface area contributed by atoms with Crippen LogP contribution >= 0.6 is 0 Å². The molecule has 2 aromatic rings. The van der Waals surface area contributed by atoms with E-state index < -0.39 is 29.2 Å². The molecule has 160 valence electrons. The molecule has 1 aliphatic heterocycles. The zero-order chi connectivity index (χ0) is 22.5. The van der Waals surface area contributed by atoms with Crippen molar-refractivity contribution in [1.29, 1.82) is 0 Å². The van der Waals surface area contributed by atoms with E-state index >= 15 is 0 Å². The van der Waals surface area contributed by atoms with Crippen molar-refractivity contribution in [3.8, 4) is 0 Å². The molecule has 9 nitrogen and oxygen atoms in total. The fourth-order valence-corrected chi connectivity index (χ4v) is 3.63. The van der Waals surface area contributed by atoms with Crippen LogP contribution in [0.5, 0.6) is 0 Å². The van der Waals surface area contributed by atoms with Crippen LogP contribution in [0.15, 0.2) is 36.4 Å². The zero-order valence-corrected chi connectivity index (χ0v) is 17.3. The average Bonchev–Trinajstić information content (AvgIpc) is 3.33. The summed E-state index contributed by atoms with van der Waals surface area (Å²) in [5, 5.41) is 0. The number of benzene rings is 1. The molecule has 1 N–H and O–H groups in total. The van der Waals surface area contributed by atoms with E-state index in [9.17, 15) is 19.2 Å². The highest BCUT2D eigenvalue weighted by Gasteiger charge is 2.39. The van der Waals surface area contributed by atoms with Crippen LogP contribution in [0.1, 0.15) is 58.3 Å². The monoisotopic (exact) mass is 422 g/mol. The summed E-state index contributed by atoms with van der Waals surface area (Å²) >= 11 is 0. The van der Waals surface area contributed by atoms with Crippen LogP contribution in [0.25, 0.3) is 5.53 Å². The summed E-state index contributed by atoms with van der Waals surface area (Å²) in [4.78, 5) is 57.0. The SMILES string of the molecule is CCOC(=O)c1cc(C2CCN(Cc3ccccc3)C2=O)c(C(=O)C(=[N+]=[N-])C(C)=O)[nH]1. The molecule has 1 amide bonds. The summed E-state index contributed by atoms with van der Waals surface area (Å²) in [5.41, 5.74) is 9.51. The number of esters is 1. The predicted octanol–water partition coefficient (Wildman–Crippen LogP) is 2.15. The number of aromatic nitrogens is 1. The van der Waals surface area contributed by atoms with Gasteiger partial charge in [0, 0.05) is 20.0 Å². The number of hydrogen-bond acceptors (Lipinski definition) is 5. The summed E-state index contributed by atoms with van der Waals surface area (Å²) in [5.74, 6) is -3.21. The molecule has 0 radical (unpaired) electrons. The van der Waals surface area contributed by atoms with Crippen molar-refractivity contribution >= 4 is 29.2 Å². The third-order valence-corrected chi connectivity index (χ3v) is 5.11. The molecule has 2 heterocycles. The number of carbonyl (C=O) groups excluding carboxylic acids is 4. The lowest BCUT2D eigenvalue weighted by atomic mass is 9.94. The summed E-state index contributed by atoms with van der Waals surface area (Å²) in [6.07, 6.45) is 0.428. The van der Waals surface area contributed by atoms with E-state index in [0.29, 0.717) is 19.5 Å². The standard InChI is InChI=1S/C22H22N4O5/c1-3-31-22(30)17-11-16(19(24-17)20(28)18(25-23)13(2)27)15-9-10-26(21(15)29)12-14-7-5-4-6-8-14/h4-8,11,15,24H,3,9-10,12H2,1-2H3. The average molecular weight is 422 g/mol. The Morgan fingerprint density at radius 3 is 2.58 bits per heavy atom. The largest absolute Gasteiger partial charge is 0.461 e. The second kappa shape index (κ2) is 9.32. The van der Waals surface area contributed by atoms with Crippen molar-refractivity contribution in [3.63, 3.8) is 0 Å². The Bertz CT molecular complexity index is 1080. The van der Waals surface area contributed by atoms with Crippen LogP contribution in [0, 0.1) is 0 Å². The van der Waals surface area contributed by atoms with Gasteiger partial charge in [0.05, 0.1) is 18.2 Å². The molecule has 31 heavy (non-hydrogen) atoms. The van der Waals surface area contributed by atoms with Crippen molar-refractivity contribution in [2.75, 3.05) is 13.2 Å². The van der Waals surface area contributed by atoms with Crippen molar-refractivity contribution in [2.24, 2.45) is 0 Å². The van der Waals surface area contributed by atoms with Gasteiger partial charge in [0.1, 0.15) is 5.69 Å². The van der Waals surface area contributed by atoms with Crippen molar-refractivity contribution in [2.45, 2.75) is 32.7 Å². The van der Waals surface area contributed by atoms with E-state index in [1.54, 1.807) is 11.8 Å². The highest BCUT2D eigenvalue weighted by molar-refractivity contribution is 6.66. The molecule has 0 saturated carbocycles. The third-order valence-electron chi connectivity index (χ3n) is 5.11. The fraction of sp³-hybridized carbons (Fsp3) is 0.318. The summed E-state index contributed by atoms with van der Waals surface area (Å²) in [6.45, 7) is 3.75. The fourth-order valence-electron chi connectivity index (χ4n) is 3.63. The number of nitrogens with one attached hydrogen (secondary N) is 1. The molecular weight excluding hydrogens is 400 g/mol. The molecule has 1 fully saturated rings. The molecule has 1 aliphatic rings. The third kappa shape index (κ3) is 4.51. The molecular formula is C22H22N4O5. The molecule has 0 spiro atoms. The number of ether oxygens (including phenoxy) is 1. The quantitative estimate of drug-likeness (QED) is 0.174. The first-order chi connectivity index (χ1) is 14.9. The molecule has 1 aromatic heterocycles. The number of rotatable bonds is 8. The maximum absolute atomic E-state index is 13.1. The van der Waals surface area contributed by atoms with E-state index in [1.165, 1.54) is 6.07 Å². The molecule has 1 aromatic carbocycles. The van der Waals surface area contributed by atoms with E-state index in [0.717, 1.165) is 12.5 Å². The lowest BCUT2D eigenvalue weighted by Gasteiger charge is -2.17. The highest BCUT2D eigenvalue weighted by Crippen LogP contribution is 2.33. The van der Waals surface area contributed by atoms with Gasteiger partial charge in [0.2, 0.25) is 11.7 Å². The van der Waals surface area contributed by atoms with Crippen LogP contribution in [-0.4, -0.2) is 57.0 Å². The number of aromatic amines is 1. The first-order valence-electron chi connectivity index (χ1n) is 9.87. The van der Waals surface area contributed by atoms with E-state index in [4.69, 9.17) is 10.3 Å². The van der Waals surface area contributed by atoms with Gasteiger partial charge < -0.3 is 20.2 Å². The smallest absolute Gasteiger partial charge is 0.406 e. The Kier molecular flexibility index (Phi) is 6.57. The molecule has 1 unspecified atom stereocenters. The molecule has 1 saturated heterocycles. The molecule has 3 rings (SSSR count). The van der Waals surface area contributed by atoms with Gasteiger partial charge in [-0.3, -0.25) is 14.4 Å². The van der Waals surface area contributed by atoms with Gasteiger partial charge in [-0.1, -0.05) is 30.3 Å². The Morgan fingerprint density at radius 1 is 1.26 bits per heavy atom. The maximum Gasteiger partial charge on any atom is 0.406 e. The van der Waals surface area contributed by atoms with Gasteiger partial charge in [-0.2, -0.15) is 4.79 Å². The van der Waals surface area contributed by atoms with Gasteiger partial charge >= 0.3 is 11.7 Å². The first kappa shape index (κ1) is 21.9. The highest BCUT2D eigenvalue weighted by atomic mass is 16.5. The van der Waals surface area contributed by atoms with Crippen molar-refractivity contribution in [1.82, 2.24) is 9.88 Å². The first-order valence-corrected chi connectivity index (χ1v) is 9.87. The number of likely N-dealkylation sites (tertiary alicyclic amines) is 1. The lowest BCUT2D eigenvalue weighted by Crippen LogP contribution is -2.28. The zero-order valence-electron chi connectivity index (χ0n) is 17.3. The molecule has 1 atom stereocenters. The van der Waals surface area contributed by atoms with Crippen LogP contribution in [-0.2, 0) is 20.9 Å². The summed E-state index contributed by atoms with van der Waals surface area (Å²) < 4.78 is 4.98. The van der Waals surface area contributed by atoms with Gasteiger partial charge in [-0.15, -0.1) is 0 Å². The minimum absolute atomic E-state index is 0.0182. The van der Waals surface area contributed by atoms with Gasteiger partial charge in [-0.05, 0) is 30.5 Å². The number of nitrogens with zero attached hydrogens (tertiary/aromatic N) is 3. The van der Waals surface area contributed by atoms with E-state index in [-0.39, 0.29) is 29.5 Å². The van der Waals surface area contributed by atoms with Crippen LogP contribution in [0.2, 0.25) is 0 Å². The Hall–Kier alpha value is -3.84. The number of hydrogen-bond donors (Lipinski definition) is 1. The van der Waals surface area contributed by atoms with Crippen molar-refractivity contribution in [3.05, 3.63) is 64.4 Å². The number of Topliss-reactive ketones (excluding diaryl/α,β-unsaturated/α-hetero) is 2. The Morgan fingerprint density at radius 2 is 1.97 bits per heavy atom. The number of amides is 1. The van der Waals surface area contributed by atoms with Crippen LogP contribution < -0.4 is 0 Å². The van der Waals surface area contributed by atoms with Gasteiger partial charge in [-0.25, -0.2) is 4.79 Å². The predicted molar refractivity (Wildman–Crippen MR) is 110 cm³/mol. The topological polar surface area (TPSA) is 133 Å². The van der Waals surface area contributed by atoms with Gasteiger partial charge in [0.25, 0.3) is 5.78 Å². The Labute approximate surface area is 178 Å². The Balaban J connectivity index is 1.96. The van der Waals surface area contributed by atoms with Crippen LogP contribution in [0.3, 0.4) is 0 Å². The molecule has 9 heteroatoms. The summed E-state index contributed by atoms with van der Waals surface area (Å²) in [6, 6.07) is 10.9. The lowest BCUT2D eigenvalue weighted by molar-refractivity contribution is -0.129. The second-order valence-corrected chi connectivity index (χ2v) is 7.15. The van der Waals surface area contributed by atoms with E-state index in [2.05, 4.69) is 9.77 Å². The number of carbonyl (C=O) groups is 4. The van der Waals surface area contributed by atoms with Gasteiger partial charge in [0.15, 0.2) is 0 Å². The minimum Gasteiger partial charge on any atom is -0.461 e. The molecule has 0 bridgehead atoms. The van der Waals surface area contributed by atoms with E-state index in [1.807, 2.05) is 30.3 Å². The number of H-pyrrole nitrogens is 1. The van der Waals surface area contributed by atoms with Crippen molar-refractivity contribution < 1.29 is 28.7 Å². The number of ketones is 2. The summed E-state index contributed by atoms with van der Waals surface area (Å²) in [7, 11) is 0. The van der Waals surface area contributed by atoms with Crippen LogP contribution in [0.4, 0.5) is 0 Å². The second-order valence-electron chi connectivity index (χ2n) is 7.15. The normalized spacial score (nSPS) is 15.5. The maximum atomic E-state index is 13.1. The minimum atomic E-state index is -0.894.